The van der Waals surface area contributed by atoms with Gasteiger partial charge in [-0.05, 0) is 86.3 Å². The van der Waals surface area contributed by atoms with Crippen LogP contribution >= 0.6 is 0 Å². The molecule has 0 N–H and O–H groups in total. The lowest BCUT2D eigenvalue weighted by molar-refractivity contribution is 1.26. The maximum atomic E-state index is 2.33. The third-order valence-electron chi connectivity index (χ3n) is 5.49. The van der Waals surface area contributed by atoms with Gasteiger partial charge in [-0.3, -0.25) is 0 Å². The van der Waals surface area contributed by atoms with Gasteiger partial charge < -0.3 is 4.90 Å². The monoisotopic (exact) mass is 377 g/mol. The molecule has 29 heavy (non-hydrogen) atoms. The van der Waals surface area contributed by atoms with E-state index in [1.165, 1.54) is 50.4 Å². The lowest BCUT2D eigenvalue weighted by Crippen LogP contribution is -2.10. The normalized spacial score (nSPS) is 10.8. The molecule has 0 unspecified atom stereocenters. The molecule has 0 heterocycles. The van der Waals surface area contributed by atoms with E-state index in [0.717, 1.165) is 0 Å². The molecule has 1 nitrogen and oxygen atoms in total. The summed E-state index contributed by atoms with van der Waals surface area (Å²) in [6.07, 6.45) is 0. The average Bonchev–Trinajstić information content (AvgIpc) is 2.72. The summed E-state index contributed by atoms with van der Waals surface area (Å²) in [7, 11) is 0. The minimum atomic E-state index is 1.17. The molecule has 1 heteroatoms. The molecule has 0 aromatic heterocycles. The van der Waals surface area contributed by atoms with Crippen molar-refractivity contribution in [3.8, 4) is 11.1 Å². The highest BCUT2D eigenvalue weighted by Crippen LogP contribution is 2.37. The molecule has 0 fully saturated rings. The van der Waals surface area contributed by atoms with Crippen molar-refractivity contribution in [2.45, 2.75) is 27.7 Å². The molecule has 0 amide bonds. The Morgan fingerprint density at radius 2 is 0.931 bits per heavy atom. The van der Waals surface area contributed by atoms with E-state index in [4.69, 9.17) is 0 Å². The van der Waals surface area contributed by atoms with Crippen molar-refractivity contribution in [3.63, 3.8) is 0 Å². The van der Waals surface area contributed by atoms with Crippen LogP contribution in [0.1, 0.15) is 22.3 Å². The summed E-state index contributed by atoms with van der Waals surface area (Å²) in [6, 6.07) is 32.8. The fourth-order valence-corrected chi connectivity index (χ4v) is 3.80. The molecular formula is C28H27N. The van der Waals surface area contributed by atoms with Crippen LogP contribution in [-0.4, -0.2) is 0 Å². The summed E-state index contributed by atoms with van der Waals surface area (Å²) >= 11 is 0. The van der Waals surface area contributed by atoms with Crippen LogP contribution in [0.25, 0.3) is 11.1 Å². The molecule has 4 rings (SSSR count). The SMILES string of the molecule is Cc1ccc(N(c2ccc(C)cc2)c2ccc(-c3ccccc3C)c(C)c2)cc1. The number of rotatable bonds is 4. The summed E-state index contributed by atoms with van der Waals surface area (Å²) in [5.41, 5.74) is 11.2. The molecule has 0 spiro atoms. The van der Waals surface area contributed by atoms with E-state index in [2.05, 4.69) is 124 Å². The maximum Gasteiger partial charge on any atom is 0.0464 e. The predicted octanol–water partition coefficient (Wildman–Crippen LogP) is 8.06. The van der Waals surface area contributed by atoms with Gasteiger partial charge in [-0.15, -0.1) is 0 Å². The number of hydrogen-bond donors (Lipinski definition) is 0. The number of hydrogen-bond acceptors (Lipinski definition) is 1. The van der Waals surface area contributed by atoms with E-state index >= 15 is 0 Å². The van der Waals surface area contributed by atoms with E-state index in [9.17, 15) is 0 Å². The Morgan fingerprint density at radius 1 is 0.448 bits per heavy atom. The molecule has 0 aliphatic rings. The van der Waals surface area contributed by atoms with Crippen LogP contribution in [0.2, 0.25) is 0 Å². The van der Waals surface area contributed by atoms with Crippen LogP contribution in [0.15, 0.2) is 91.0 Å². The minimum Gasteiger partial charge on any atom is -0.310 e. The average molecular weight is 378 g/mol. The first-order chi connectivity index (χ1) is 14.0. The van der Waals surface area contributed by atoms with Crippen molar-refractivity contribution in [1.29, 1.82) is 0 Å². The number of aryl methyl sites for hydroxylation is 4. The van der Waals surface area contributed by atoms with Crippen LogP contribution < -0.4 is 4.90 Å². The van der Waals surface area contributed by atoms with E-state index in [0.29, 0.717) is 0 Å². The van der Waals surface area contributed by atoms with Crippen molar-refractivity contribution in [2.24, 2.45) is 0 Å². The lowest BCUT2D eigenvalue weighted by atomic mass is 9.96. The van der Waals surface area contributed by atoms with E-state index < -0.39 is 0 Å². The van der Waals surface area contributed by atoms with Gasteiger partial charge in [-0.1, -0.05) is 65.7 Å². The molecule has 4 aromatic carbocycles. The van der Waals surface area contributed by atoms with E-state index in [1.807, 2.05) is 0 Å². The first-order valence-corrected chi connectivity index (χ1v) is 10.1. The van der Waals surface area contributed by atoms with Gasteiger partial charge >= 0.3 is 0 Å². The van der Waals surface area contributed by atoms with Gasteiger partial charge in [0.1, 0.15) is 0 Å². The van der Waals surface area contributed by atoms with Gasteiger partial charge in [0.2, 0.25) is 0 Å². The minimum absolute atomic E-state index is 1.17. The highest BCUT2D eigenvalue weighted by atomic mass is 15.1. The Labute approximate surface area is 174 Å². The van der Waals surface area contributed by atoms with Crippen LogP contribution in [-0.2, 0) is 0 Å². The largest absolute Gasteiger partial charge is 0.310 e. The van der Waals surface area contributed by atoms with Crippen LogP contribution in [0.5, 0.6) is 0 Å². The molecule has 0 saturated heterocycles. The molecule has 0 aliphatic heterocycles. The van der Waals surface area contributed by atoms with Crippen LogP contribution in [0, 0.1) is 27.7 Å². The second kappa shape index (κ2) is 7.97. The molecule has 0 bridgehead atoms. The first-order valence-electron chi connectivity index (χ1n) is 10.1. The summed E-state index contributed by atoms with van der Waals surface area (Å²) in [6.45, 7) is 8.63. The van der Waals surface area contributed by atoms with Gasteiger partial charge in [0.15, 0.2) is 0 Å². The van der Waals surface area contributed by atoms with Gasteiger partial charge in [0.05, 0.1) is 0 Å². The van der Waals surface area contributed by atoms with Gasteiger partial charge in [-0.25, -0.2) is 0 Å². The lowest BCUT2D eigenvalue weighted by Gasteiger charge is -2.26. The second-order valence-electron chi connectivity index (χ2n) is 7.82. The van der Waals surface area contributed by atoms with Crippen molar-refractivity contribution in [3.05, 3.63) is 113 Å². The summed E-state index contributed by atoms with van der Waals surface area (Å²) < 4.78 is 0. The number of anilines is 3. The summed E-state index contributed by atoms with van der Waals surface area (Å²) in [4.78, 5) is 2.33. The van der Waals surface area contributed by atoms with Crippen LogP contribution in [0.3, 0.4) is 0 Å². The molecule has 0 aliphatic carbocycles. The fourth-order valence-electron chi connectivity index (χ4n) is 3.80. The highest BCUT2D eigenvalue weighted by Gasteiger charge is 2.14. The molecular weight excluding hydrogens is 350 g/mol. The Hall–Kier alpha value is -3.32. The smallest absolute Gasteiger partial charge is 0.0464 e. The quantitative estimate of drug-likeness (QED) is 0.347. The van der Waals surface area contributed by atoms with E-state index in [-0.39, 0.29) is 0 Å². The topological polar surface area (TPSA) is 3.24 Å². The van der Waals surface area contributed by atoms with E-state index in [1.54, 1.807) is 0 Å². The third-order valence-corrected chi connectivity index (χ3v) is 5.49. The van der Waals surface area contributed by atoms with Crippen LogP contribution in [0.4, 0.5) is 17.1 Å². The number of benzene rings is 4. The molecule has 0 atom stereocenters. The predicted molar refractivity (Wildman–Crippen MR) is 126 cm³/mol. The van der Waals surface area contributed by atoms with Gasteiger partial charge in [-0.2, -0.15) is 0 Å². The van der Waals surface area contributed by atoms with Crippen molar-refractivity contribution in [2.75, 3.05) is 4.90 Å². The highest BCUT2D eigenvalue weighted by molar-refractivity contribution is 5.80. The van der Waals surface area contributed by atoms with Gasteiger partial charge in [0.25, 0.3) is 0 Å². The Kier molecular flexibility index (Phi) is 5.22. The molecule has 4 aromatic rings. The molecule has 0 radical (unpaired) electrons. The van der Waals surface area contributed by atoms with Crippen molar-refractivity contribution in [1.82, 2.24) is 0 Å². The zero-order valence-corrected chi connectivity index (χ0v) is 17.6. The zero-order valence-electron chi connectivity index (χ0n) is 17.6. The second-order valence-corrected chi connectivity index (χ2v) is 7.82. The molecule has 144 valence electrons. The van der Waals surface area contributed by atoms with Crippen molar-refractivity contribution < 1.29 is 0 Å². The fraction of sp³-hybridized carbons (Fsp3) is 0.143. The zero-order chi connectivity index (χ0) is 20.4. The summed E-state index contributed by atoms with van der Waals surface area (Å²) in [5, 5.41) is 0. The maximum absolute atomic E-state index is 2.33. The third kappa shape index (κ3) is 3.95. The Morgan fingerprint density at radius 3 is 1.45 bits per heavy atom. The summed E-state index contributed by atoms with van der Waals surface area (Å²) in [5.74, 6) is 0. The Bertz CT molecular complexity index is 1080. The van der Waals surface area contributed by atoms with Crippen molar-refractivity contribution >= 4 is 17.1 Å². The standard InChI is InChI=1S/C28H27N/c1-20-9-13-24(14-10-20)29(25-15-11-21(2)12-16-25)26-17-18-28(23(4)19-26)27-8-6-5-7-22(27)3/h5-19H,1-4H3. The first kappa shape index (κ1) is 19.0. The van der Waals surface area contributed by atoms with Gasteiger partial charge in [0, 0.05) is 17.1 Å². The molecule has 0 saturated carbocycles. The number of nitrogens with zero attached hydrogens (tertiary/aromatic N) is 1. The Balaban J connectivity index is 1.82.